The van der Waals surface area contributed by atoms with Crippen molar-refractivity contribution in [2.45, 2.75) is 32.2 Å². The van der Waals surface area contributed by atoms with E-state index in [-0.39, 0.29) is 54.6 Å². The molecule has 7 heteroatoms. The van der Waals surface area contributed by atoms with Crippen LogP contribution in [0.5, 0.6) is 0 Å². The first kappa shape index (κ1) is 22.4. The molecule has 0 radical (unpaired) electrons. The smallest absolute Gasteiger partial charge is 0.407 e. The van der Waals surface area contributed by atoms with Crippen molar-refractivity contribution in [2.75, 3.05) is 19.7 Å². The van der Waals surface area contributed by atoms with Crippen LogP contribution in [0.3, 0.4) is 0 Å². The standard InChI is InChI=1S/C27H30N2O5/c1-15(2)23(11-24(30)29-12-20-21(13-29)25(20)26(31)32)28-27(33)34-14-22-18-9-5-3-7-16(18)17-8-4-6-10-19(17)22/h3-10,15,20-23,25H,11-14H2,1-2H3,(H,28,33)(H,31,32)/t20?,21?,23-,25?/m1/s1. The maximum Gasteiger partial charge on any atom is 0.407 e. The van der Waals surface area contributed by atoms with Crippen LogP contribution in [0.1, 0.15) is 37.3 Å². The van der Waals surface area contributed by atoms with Crippen molar-refractivity contribution in [3.05, 3.63) is 59.7 Å². The van der Waals surface area contributed by atoms with Gasteiger partial charge < -0.3 is 20.1 Å². The molecule has 0 spiro atoms. The van der Waals surface area contributed by atoms with Gasteiger partial charge in [-0.1, -0.05) is 62.4 Å². The maximum atomic E-state index is 12.8. The molecule has 2 amide bonds. The molecule has 5 rings (SSSR count). The summed E-state index contributed by atoms with van der Waals surface area (Å²) in [5.74, 6) is -0.927. The monoisotopic (exact) mass is 462 g/mol. The third-order valence-corrected chi connectivity index (χ3v) is 7.68. The van der Waals surface area contributed by atoms with Gasteiger partial charge in [0.1, 0.15) is 6.61 Å². The molecule has 1 saturated heterocycles. The summed E-state index contributed by atoms with van der Waals surface area (Å²) >= 11 is 0. The summed E-state index contributed by atoms with van der Waals surface area (Å²) in [4.78, 5) is 38.4. The summed E-state index contributed by atoms with van der Waals surface area (Å²) in [6, 6.07) is 16.0. The van der Waals surface area contributed by atoms with Crippen LogP contribution in [0.15, 0.2) is 48.5 Å². The lowest BCUT2D eigenvalue weighted by Gasteiger charge is -2.26. The van der Waals surface area contributed by atoms with Gasteiger partial charge in [0, 0.05) is 31.5 Å². The van der Waals surface area contributed by atoms with E-state index in [4.69, 9.17) is 4.74 Å². The van der Waals surface area contributed by atoms with Crippen molar-refractivity contribution < 1.29 is 24.2 Å². The van der Waals surface area contributed by atoms with Gasteiger partial charge in [0.15, 0.2) is 0 Å². The van der Waals surface area contributed by atoms with E-state index in [1.165, 1.54) is 11.1 Å². The second kappa shape index (κ2) is 8.78. The van der Waals surface area contributed by atoms with E-state index in [2.05, 4.69) is 29.6 Å². The molecule has 7 nitrogen and oxygen atoms in total. The van der Waals surface area contributed by atoms with Gasteiger partial charge in [-0.05, 0) is 40.0 Å². The molecule has 2 aliphatic carbocycles. The van der Waals surface area contributed by atoms with Crippen molar-refractivity contribution in [3.8, 4) is 11.1 Å². The summed E-state index contributed by atoms with van der Waals surface area (Å²) < 4.78 is 5.65. The van der Waals surface area contributed by atoms with Gasteiger partial charge in [-0.3, -0.25) is 9.59 Å². The molecular weight excluding hydrogens is 432 g/mol. The minimum Gasteiger partial charge on any atom is -0.481 e. The van der Waals surface area contributed by atoms with Crippen LogP contribution in [-0.2, 0) is 14.3 Å². The zero-order chi connectivity index (χ0) is 24.0. The predicted molar refractivity (Wildman–Crippen MR) is 126 cm³/mol. The Labute approximate surface area is 199 Å². The number of alkyl carbamates (subject to hydrolysis) is 1. The summed E-state index contributed by atoms with van der Waals surface area (Å²) in [5, 5.41) is 12.1. The summed E-state index contributed by atoms with van der Waals surface area (Å²) in [5.41, 5.74) is 4.65. The summed E-state index contributed by atoms with van der Waals surface area (Å²) in [6.45, 7) is 5.14. The molecule has 1 aliphatic heterocycles. The lowest BCUT2D eigenvalue weighted by molar-refractivity contribution is -0.141. The molecule has 2 aromatic rings. The Bertz CT molecular complexity index is 1070. The fourth-order valence-corrected chi connectivity index (χ4v) is 5.66. The highest BCUT2D eigenvalue weighted by molar-refractivity contribution is 5.81. The van der Waals surface area contributed by atoms with Gasteiger partial charge >= 0.3 is 12.1 Å². The molecule has 2 unspecified atom stereocenters. The molecule has 0 aromatic heterocycles. The zero-order valence-electron chi connectivity index (χ0n) is 19.4. The second-order valence-electron chi connectivity index (χ2n) is 10.0. The van der Waals surface area contributed by atoms with E-state index >= 15 is 0 Å². The zero-order valence-corrected chi connectivity index (χ0v) is 19.4. The van der Waals surface area contributed by atoms with E-state index < -0.39 is 12.1 Å². The van der Waals surface area contributed by atoms with Gasteiger partial charge in [0.25, 0.3) is 0 Å². The van der Waals surface area contributed by atoms with Crippen molar-refractivity contribution in [3.63, 3.8) is 0 Å². The van der Waals surface area contributed by atoms with Crippen LogP contribution in [0.4, 0.5) is 4.79 Å². The molecule has 0 bridgehead atoms. The van der Waals surface area contributed by atoms with Crippen molar-refractivity contribution >= 4 is 18.0 Å². The second-order valence-corrected chi connectivity index (χ2v) is 10.0. The average Bonchev–Trinajstić information content (AvgIpc) is 3.17. The minimum absolute atomic E-state index is 0.0178. The summed E-state index contributed by atoms with van der Waals surface area (Å²) in [6.07, 6.45) is -0.345. The predicted octanol–water partition coefficient (Wildman–Crippen LogP) is 3.73. The number of nitrogens with zero attached hydrogens (tertiary/aromatic N) is 1. The van der Waals surface area contributed by atoms with E-state index in [1.54, 1.807) is 4.90 Å². The minimum atomic E-state index is -0.765. The lowest BCUT2D eigenvalue weighted by atomic mass is 9.98. The van der Waals surface area contributed by atoms with Crippen molar-refractivity contribution in [2.24, 2.45) is 23.7 Å². The molecule has 1 heterocycles. The van der Waals surface area contributed by atoms with E-state index in [9.17, 15) is 19.5 Å². The first-order chi connectivity index (χ1) is 16.3. The van der Waals surface area contributed by atoms with Gasteiger partial charge in [0.2, 0.25) is 5.91 Å². The Balaban J connectivity index is 1.17. The number of hydrogen-bond donors (Lipinski definition) is 2. The first-order valence-corrected chi connectivity index (χ1v) is 12.0. The third kappa shape index (κ3) is 4.04. The number of carbonyl (C=O) groups is 3. The van der Waals surface area contributed by atoms with E-state index in [1.807, 2.05) is 38.1 Å². The molecule has 2 N–H and O–H groups in total. The SMILES string of the molecule is CC(C)[C@@H](CC(=O)N1CC2C(C1)C2C(=O)O)NC(=O)OCC1c2ccccc2-c2ccccc21. The molecule has 3 aliphatic rings. The third-order valence-electron chi connectivity index (χ3n) is 7.68. The molecule has 2 aromatic carbocycles. The summed E-state index contributed by atoms with van der Waals surface area (Å²) in [7, 11) is 0. The number of benzene rings is 2. The highest BCUT2D eigenvalue weighted by Gasteiger charge is 2.60. The van der Waals surface area contributed by atoms with Crippen LogP contribution in [0.2, 0.25) is 0 Å². The number of hydrogen-bond acceptors (Lipinski definition) is 4. The van der Waals surface area contributed by atoms with Crippen LogP contribution in [0, 0.1) is 23.7 Å². The average molecular weight is 463 g/mol. The lowest BCUT2D eigenvalue weighted by Crippen LogP contribution is -2.44. The highest BCUT2D eigenvalue weighted by atomic mass is 16.5. The largest absolute Gasteiger partial charge is 0.481 e. The number of ether oxygens (including phenoxy) is 1. The molecular formula is C27H30N2O5. The Hall–Kier alpha value is -3.35. The number of piperidine rings is 1. The number of carbonyl (C=O) groups excluding carboxylic acids is 2. The quantitative estimate of drug-likeness (QED) is 0.654. The molecule has 3 atom stereocenters. The Morgan fingerprint density at radius 3 is 2.09 bits per heavy atom. The Kier molecular flexibility index (Phi) is 5.80. The number of aliphatic carboxylic acids is 1. The molecule has 1 saturated carbocycles. The van der Waals surface area contributed by atoms with Crippen LogP contribution in [-0.4, -0.2) is 53.7 Å². The van der Waals surface area contributed by atoms with Crippen LogP contribution >= 0.6 is 0 Å². The fourth-order valence-electron chi connectivity index (χ4n) is 5.66. The number of carboxylic acid groups (broad SMARTS) is 1. The van der Waals surface area contributed by atoms with Crippen LogP contribution in [0.25, 0.3) is 11.1 Å². The number of carboxylic acids is 1. The van der Waals surface area contributed by atoms with Crippen molar-refractivity contribution in [1.82, 2.24) is 10.2 Å². The number of likely N-dealkylation sites (tertiary alicyclic amines) is 1. The maximum absolute atomic E-state index is 12.8. The molecule has 34 heavy (non-hydrogen) atoms. The van der Waals surface area contributed by atoms with Crippen LogP contribution < -0.4 is 5.32 Å². The fraction of sp³-hybridized carbons (Fsp3) is 0.444. The van der Waals surface area contributed by atoms with Gasteiger partial charge in [-0.2, -0.15) is 0 Å². The topological polar surface area (TPSA) is 95.9 Å². The molecule has 178 valence electrons. The first-order valence-electron chi connectivity index (χ1n) is 12.0. The number of amides is 2. The Morgan fingerprint density at radius 2 is 1.56 bits per heavy atom. The van der Waals surface area contributed by atoms with E-state index in [0.29, 0.717) is 13.1 Å². The number of nitrogens with one attached hydrogen (secondary N) is 1. The van der Waals surface area contributed by atoms with Gasteiger partial charge in [0.05, 0.1) is 5.92 Å². The van der Waals surface area contributed by atoms with Gasteiger partial charge in [-0.15, -0.1) is 0 Å². The highest BCUT2D eigenvalue weighted by Crippen LogP contribution is 2.51. The van der Waals surface area contributed by atoms with Gasteiger partial charge in [-0.25, -0.2) is 4.79 Å². The normalized spacial score (nSPS) is 23.1. The van der Waals surface area contributed by atoms with Crippen molar-refractivity contribution in [1.29, 1.82) is 0 Å². The number of fused-ring (bicyclic) bond motifs is 4. The Morgan fingerprint density at radius 1 is 1.00 bits per heavy atom. The van der Waals surface area contributed by atoms with E-state index in [0.717, 1.165) is 11.1 Å². The molecule has 2 fully saturated rings. The number of rotatable bonds is 7.